The first-order chi connectivity index (χ1) is 9.26. The minimum atomic E-state index is -0.913. The molecule has 0 heterocycles. The normalized spacial score (nSPS) is 13.3. The highest BCUT2D eigenvalue weighted by molar-refractivity contribution is 5.73. The summed E-state index contributed by atoms with van der Waals surface area (Å²) in [5.74, 6) is -1.45. The summed E-state index contributed by atoms with van der Waals surface area (Å²) in [6, 6.07) is -1.29. The summed E-state index contributed by atoms with van der Waals surface area (Å²) in [5.41, 5.74) is 5.22. The molecule has 0 radical (unpaired) electrons. The zero-order valence-electron chi connectivity index (χ0n) is 12.5. The van der Waals surface area contributed by atoms with Crippen molar-refractivity contribution < 1.29 is 24.9 Å². The van der Waals surface area contributed by atoms with Gasteiger partial charge in [0.15, 0.2) is 0 Å². The Hall–Kier alpha value is -1.18. The SMILES string of the molecule is CC(C)CC(N)C(=O)O.CCCNC(CCO)C(=O)O. The van der Waals surface area contributed by atoms with Gasteiger partial charge in [0.05, 0.1) is 0 Å². The number of carbonyl (C=O) groups is 2. The largest absolute Gasteiger partial charge is 0.480 e. The van der Waals surface area contributed by atoms with Crippen LogP contribution in [-0.4, -0.2) is 52.5 Å². The van der Waals surface area contributed by atoms with Crippen LogP contribution >= 0.6 is 0 Å². The molecule has 0 saturated carbocycles. The molecule has 2 unspecified atom stereocenters. The number of aliphatic hydroxyl groups is 1. The van der Waals surface area contributed by atoms with Gasteiger partial charge in [-0.25, -0.2) is 0 Å². The highest BCUT2D eigenvalue weighted by Gasteiger charge is 2.14. The van der Waals surface area contributed by atoms with Gasteiger partial charge in [0, 0.05) is 6.61 Å². The molecule has 0 aromatic rings. The fraction of sp³-hybridized carbons (Fsp3) is 0.846. The maximum atomic E-state index is 10.4. The summed E-state index contributed by atoms with van der Waals surface area (Å²) in [5, 5.41) is 28.2. The quantitative estimate of drug-likeness (QED) is 0.412. The number of rotatable bonds is 9. The van der Waals surface area contributed by atoms with Crippen LogP contribution in [0.15, 0.2) is 0 Å². The van der Waals surface area contributed by atoms with Crippen LogP contribution in [0.4, 0.5) is 0 Å². The van der Waals surface area contributed by atoms with Crippen molar-refractivity contribution in [2.24, 2.45) is 11.7 Å². The molecule has 20 heavy (non-hydrogen) atoms. The van der Waals surface area contributed by atoms with E-state index >= 15 is 0 Å². The Balaban J connectivity index is 0. The van der Waals surface area contributed by atoms with Crippen molar-refractivity contribution in [1.29, 1.82) is 0 Å². The van der Waals surface area contributed by atoms with Crippen LogP contribution in [0.5, 0.6) is 0 Å². The molecular weight excluding hydrogens is 264 g/mol. The van der Waals surface area contributed by atoms with Crippen LogP contribution in [0.25, 0.3) is 0 Å². The van der Waals surface area contributed by atoms with Gasteiger partial charge in [-0.2, -0.15) is 0 Å². The maximum Gasteiger partial charge on any atom is 0.320 e. The molecule has 7 heteroatoms. The number of carboxylic acids is 2. The van der Waals surface area contributed by atoms with Gasteiger partial charge in [-0.05, 0) is 31.7 Å². The molecule has 7 nitrogen and oxygen atoms in total. The van der Waals surface area contributed by atoms with Gasteiger partial charge in [0.1, 0.15) is 12.1 Å². The summed E-state index contributed by atoms with van der Waals surface area (Å²) < 4.78 is 0. The molecule has 2 atom stereocenters. The van der Waals surface area contributed by atoms with Gasteiger partial charge in [0.2, 0.25) is 0 Å². The second-order valence-corrected chi connectivity index (χ2v) is 4.93. The predicted molar refractivity (Wildman–Crippen MR) is 76.5 cm³/mol. The summed E-state index contributed by atoms with van der Waals surface area (Å²) in [6.07, 6.45) is 1.72. The molecule has 0 aliphatic carbocycles. The monoisotopic (exact) mass is 292 g/mol. The van der Waals surface area contributed by atoms with Crippen LogP contribution in [0.1, 0.15) is 40.0 Å². The molecule has 0 fully saturated rings. The van der Waals surface area contributed by atoms with Gasteiger partial charge in [0.25, 0.3) is 0 Å². The molecule has 0 saturated heterocycles. The minimum Gasteiger partial charge on any atom is -0.480 e. The number of carboxylic acid groups (broad SMARTS) is 2. The lowest BCUT2D eigenvalue weighted by Crippen LogP contribution is -2.37. The summed E-state index contributed by atoms with van der Waals surface area (Å²) in [7, 11) is 0. The van der Waals surface area contributed by atoms with E-state index < -0.39 is 24.0 Å². The van der Waals surface area contributed by atoms with E-state index in [-0.39, 0.29) is 13.0 Å². The molecule has 0 spiro atoms. The van der Waals surface area contributed by atoms with E-state index in [9.17, 15) is 9.59 Å². The molecule has 0 aromatic heterocycles. The third-order valence-electron chi connectivity index (χ3n) is 2.40. The van der Waals surface area contributed by atoms with Gasteiger partial charge in [-0.3, -0.25) is 9.59 Å². The number of hydrogen-bond donors (Lipinski definition) is 5. The minimum absolute atomic E-state index is 0.0896. The van der Waals surface area contributed by atoms with E-state index in [4.69, 9.17) is 21.1 Å². The maximum absolute atomic E-state index is 10.4. The number of nitrogens with two attached hydrogens (primary N) is 1. The Bertz CT molecular complexity index is 271. The smallest absolute Gasteiger partial charge is 0.320 e. The number of aliphatic hydroxyl groups excluding tert-OH is 1. The van der Waals surface area contributed by atoms with E-state index in [1.165, 1.54) is 0 Å². The fourth-order valence-electron chi connectivity index (χ4n) is 1.37. The molecule has 0 aliphatic rings. The topological polar surface area (TPSA) is 133 Å². The molecule has 0 aromatic carbocycles. The van der Waals surface area contributed by atoms with Gasteiger partial charge >= 0.3 is 11.9 Å². The standard InChI is InChI=1S/C7H15NO3.C6H13NO2/c1-2-4-8-6(3-5-9)7(10)11;1-4(2)3-5(7)6(8)9/h6,8-9H,2-5H2,1H3,(H,10,11);4-5H,3,7H2,1-2H3,(H,8,9). The highest BCUT2D eigenvalue weighted by atomic mass is 16.4. The number of nitrogens with one attached hydrogen (secondary N) is 1. The third-order valence-corrected chi connectivity index (χ3v) is 2.40. The van der Waals surface area contributed by atoms with Crippen molar-refractivity contribution in [2.75, 3.05) is 13.2 Å². The van der Waals surface area contributed by atoms with E-state index in [0.717, 1.165) is 6.42 Å². The lowest BCUT2D eigenvalue weighted by atomic mass is 10.1. The average molecular weight is 292 g/mol. The summed E-state index contributed by atoms with van der Waals surface area (Å²) in [4.78, 5) is 20.5. The molecule has 120 valence electrons. The predicted octanol–water partition coefficient (Wildman–Crippen LogP) is 0.266. The van der Waals surface area contributed by atoms with Crippen molar-refractivity contribution in [1.82, 2.24) is 5.32 Å². The lowest BCUT2D eigenvalue weighted by Gasteiger charge is -2.11. The third kappa shape index (κ3) is 13.3. The summed E-state index contributed by atoms with van der Waals surface area (Å²) in [6.45, 7) is 6.45. The first kappa shape index (κ1) is 21.1. The van der Waals surface area contributed by atoms with Crippen molar-refractivity contribution in [2.45, 2.75) is 52.1 Å². The Kier molecular flexibility index (Phi) is 13.6. The number of aliphatic carboxylic acids is 2. The van der Waals surface area contributed by atoms with E-state index in [1.807, 2.05) is 20.8 Å². The van der Waals surface area contributed by atoms with E-state index in [2.05, 4.69) is 5.32 Å². The molecule has 0 bridgehead atoms. The van der Waals surface area contributed by atoms with Crippen molar-refractivity contribution in [3.05, 3.63) is 0 Å². The Morgan fingerprint density at radius 3 is 2.00 bits per heavy atom. The molecule has 0 rings (SSSR count). The Labute approximate surface area is 120 Å². The van der Waals surface area contributed by atoms with Crippen molar-refractivity contribution in [3.8, 4) is 0 Å². The van der Waals surface area contributed by atoms with E-state index in [1.54, 1.807) is 0 Å². The first-order valence-electron chi connectivity index (χ1n) is 6.81. The van der Waals surface area contributed by atoms with Crippen LogP contribution in [-0.2, 0) is 9.59 Å². The molecular formula is C13H28N2O5. The van der Waals surface area contributed by atoms with Crippen LogP contribution in [0, 0.1) is 5.92 Å². The molecule has 0 amide bonds. The van der Waals surface area contributed by atoms with Crippen LogP contribution in [0.2, 0.25) is 0 Å². The van der Waals surface area contributed by atoms with E-state index in [0.29, 0.717) is 18.9 Å². The zero-order valence-corrected chi connectivity index (χ0v) is 12.5. The highest BCUT2D eigenvalue weighted by Crippen LogP contribution is 2.01. The average Bonchev–Trinajstić information content (AvgIpc) is 2.34. The van der Waals surface area contributed by atoms with Gasteiger partial charge in [-0.15, -0.1) is 0 Å². The van der Waals surface area contributed by atoms with Crippen molar-refractivity contribution in [3.63, 3.8) is 0 Å². The molecule has 0 aliphatic heterocycles. The Morgan fingerprint density at radius 2 is 1.75 bits per heavy atom. The van der Waals surface area contributed by atoms with Crippen molar-refractivity contribution >= 4 is 11.9 Å². The first-order valence-corrected chi connectivity index (χ1v) is 6.81. The van der Waals surface area contributed by atoms with Crippen LogP contribution in [0.3, 0.4) is 0 Å². The second kappa shape index (κ2) is 12.8. The zero-order chi connectivity index (χ0) is 16.1. The Morgan fingerprint density at radius 1 is 1.20 bits per heavy atom. The second-order valence-electron chi connectivity index (χ2n) is 4.93. The van der Waals surface area contributed by atoms with Gasteiger partial charge < -0.3 is 26.4 Å². The lowest BCUT2D eigenvalue weighted by molar-refractivity contribution is -0.140. The van der Waals surface area contributed by atoms with Gasteiger partial charge in [-0.1, -0.05) is 20.8 Å². The van der Waals surface area contributed by atoms with Crippen LogP contribution < -0.4 is 11.1 Å². The molecule has 6 N–H and O–H groups in total. The fourth-order valence-corrected chi connectivity index (χ4v) is 1.37. The number of hydrogen-bond acceptors (Lipinski definition) is 5. The summed E-state index contributed by atoms with van der Waals surface area (Å²) >= 11 is 0.